The molecule has 0 aromatic heterocycles. The lowest BCUT2D eigenvalue weighted by Gasteiger charge is -2.07. The zero-order chi connectivity index (χ0) is 13.7. The van der Waals surface area contributed by atoms with E-state index < -0.39 is 0 Å². The minimum atomic E-state index is -0.286. The van der Waals surface area contributed by atoms with E-state index in [1.807, 2.05) is 36.4 Å². The number of rotatable bonds is 3. The van der Waals surface area contributed by atoms with Gasteiger partial charge >= 0.3 is 0 Å². The van der Waals surface area contributed by atoms with Crippen LogP contribution in [0, 0.1) is 11.3 Å². The Morgan fingerprint density at radius 2 is 1.95 bits per heavy atom. The highest BCUT2D eigenvalue weighted by Gasteiger charge is 2.10. The largest absolute Gasteiger partial charge is 0.348 e. The van der Waals surface area contributed by atoms with Crippen LogP contribution in [0.2, 0.25) is 5.02 Å². The number of hydrogen-bond acceptors (Lipinski definition) is 2. The molecule has 1 N–H and O–H groups in total. The van der Waals surface area contributed by atoms with E-state index in [9.17, 15) is 4.79 Å². The minimum Gasteiger partial charge on any atom is -0.348 e. The molecule has 0 unspecified atom stereocenters. The summed E-state index contributed by atoms with van der Waals surface area (Å²) in [6, 6.07) is 16.2. The first-order valence-corrected chi connectivity index (χ1v) is 6.10. The maximum absolute atomic E-state index is 12.0. The second-order valence-electron chi connectivity index (χ2n) is 3.97. The highest BCUT2D eigenvalue weighted by molar-refractivity contribution is 6.33. The highest BCUT2D eigenvalue weighted by Crippen LogP contribution is 2.17. The number of benzene rings is 2. The molecule has 0 saturated heterocycles. The van der Waals surface area contributed by atoms with E-state index >= 15 is 0 Å². The van der Waals surface area contributed by atoms with Crippen LogP contribution in [-0.4, -0.2) is 5.91 Å². The van der Waals surface area contributed by atoms with Gasteiger partial charge in [0.1, 0.15) is 0 Å². The summed E-state index contributed by atoms with van der Waals surface area (Å²) in [5.41, 5.74) is 1.73. The van der Waals surface area contributed by atoms with Crippen molar-refractivity contribution in [3.8, 4) is 6.07 Å². The van der Waals surface area contributed by atoms with Crippen LogP contribution < -0.4 is 5.32 Å². The average molecular weight is 271 g/mol. The van der Waals surface area contributed by atoms with Crippen molar-refractivity contribution in [3.63, 3.8) is 0 Å². The third-order valence-corrected chi connectivity index (χ3v) is 2.97. The minimum absolute atomic E-state index is 0.286. The molecule has 0 fully saturated rings. The lowest BCUT2D eigenvalue weighted by Crippen LogP contribution is -2.23. The van der Waals surface area contributed by atoms with E-state index in [0.717, 1.165) is 5.56 Å². The van der Waals surface area contributed by atoms with Gasteiger partial charge in [-0.25, -0.2) is 0 Å². The fourth-order valence-electron chi connectivity index (χ4n) is 1.64. The molecule has 4 heteroatoms. The van der Waals surface area contributed by atoms with Crippen molar-refractivity contribution < 1.29 is 4.79 Å². The zero-order valence-corrected chi connectivity index (χ0v) is 10.8. The monoisotopic (exact) mass is 270 g/mol. The number of carbonyl (C=O) groups excluding carboxylic acids is 1. The second-order valence-corrected chi connectivity index (χ2v) is 4.38. The summed E-state index contributed by atoms with van der Waals surface area (Å²) in [7, 11) is 0. The maximum atomic E-state index is 12.0. The second kappa shape index (κ2) is 6.03. The van der Waals surface area contributed by atoms with Crippen molar-refractivity contribution in [2.75, 3.05) is 0 Å². The van der Waals surface area contributed by atoms with Crippen molar-refractivity contribution >= 4 is 17.5 Å². The Kier molecular flexibility index (Phi) is 4.17. The normalized spacial score (nSPS) is 9.68. The number of amides is 1. The summed E-state index contributed by atoms with van der Waals surface area (Å²) in [4.78, 5) is 12.0. The van der Waals surface area contributed by atoms with Crippen LogP contribution in [0.1, 0.15) is 21.5 Å². The van der Waals surface area contributed by atoms with Gasteiger partial charge in [-0.15, -0.1) is 0 Å². The van der Waals surface area contributed by atoms with Gasteiger partial charge in [-0.3, -0.25) is 4.79 Å². The first-order chi connectivity index (χ1) is 9.20. The molecule has 0 aliphatic heterocycles. The fourth-order valence-corrected chi connectivity index (χ4v) is 1.85. The van der Waals surface area contributed by atoms with Gasteiger partial charge in [0.15, 0.2) is 0 Å². The van der Waals surface area contributed by atoms with E-state index in [0.29, 0.717) is 22.7 Å². The van der Waals surface area contributed by atoms with Gasteiger partial charge in [0, 0.05) is 6.54 Å². The van der Waals surface area contributed by atoms with Crippen LogP contribution >= 0.6 is 11.6 Å². The molecular formula is C15H11ClN2O. The first-order valence-electron chi connectivity index (χ1n) is 5.72. The number of nitriles is 1. The van der Waals surface area contributed by atoms with Crippen molar-refractivity contribution in [1.82, 2.24) is 5.32 Å². The molecular weight excluding hydrogens is 260 g/mol. The highest BCUT2D eigenvalue weighted by atomic mass is 35.5. The average Bonchev–Trinajstić information content (AvgIpc) is 2.46. The number of nitrogens with zero attached hydrogens (tertiary/aromatic N) is 1. The zero-order valence-electron chi connectivity index (χ0n) is 10.1. The standard InChI is InChI=1S/C15H11ClN2O/c16-14-7-6-12(9-17)8-13(14)15(19)18-10-11-4-2-1-3-5-11/h1-8H,10H2,(H,18,19). The summed E-state index contributed by atoms with van der Waals surface area (Å²) in [6.45, 7) is 0.423. The summed E-state index contributed by atoms with van der Waals surface area (Å²) in [5.74, 6) is -0.286. The summed E-state index contributed by atoms with van der Waals surface area (Å²) in [5, 5.41) is 11.9. The molecule has 1 amide bonds. The third kappa shape index (κ3) is 3.34. The van der Waals surface area contributed by atoms with Crippen molar-refractivity contribution in [1.29, 1.82) is 5.26 Å². The first kappa shape index (κ1) is 13.1. The third-order valence-electron chi connectivity index (χ3n) is 2.64. The van der Waals surface area contributed by atoms with E-state index in [-0.39, 0.29) is 5.91 Å². The summed E-state index contributed by atoms with van der Waals surface area (Å²) < 4.78 is 0. The van der Waals surface area contributed by atoms with E-state index in [2.05, 4.69) is 5.32 Å². The molecule has 0 radical (unpaired) electrons. The van der Waals surface area contributed by atoms with Gasteiger partial charge < -0.3 is 5.32 Å². The molecule has 0 spiro atoms. The molecule has 2 aromatic rings. The van der Waals surface area contributed by atoms with Crippen molar-refractivity contribution in [3.05, 3.63) is 70.2 Å². The Morgan fingerprint density at radius 1 is 1.21 bits per heavy atom. The Morgan fingerprint density at radius 3 is 2.63 bits per heavy atom. The van der Waals surface area contributed by atoms with Gasteiger partial charge in [-0.1, -0.05) is 41.9 Å². The summed E-state index contributed by atoms with van der Waals surface area (Å²) in [6.07, 6.45) is 0. The van der Waals surface area contributed by atoms with Gasteiger partial charge in [0.2, 0.25) is 0 Å². The maximum Gasteiger partial charge on any atom is 0.253 e. The van der Waals surface area contributed by atoms with Crippen LogP contribution in [-0.2, 0) is 6.54 Å². The quantitative estimate of drug-likeness (QED) is 0.931. The van der Waals surface area contributed by atoms with Gasteiger partial charge in [0.05, 0.1) is 22.2 Å². The lowest BCUT2D eigenvalue weighted by atomic mass is 10.1. The Bertz CT molecular complexity index is 632. The lowest BCUT2D eigenvalue weighted by molar-refractivity contribution is 0.0951. The van der Waals surface area contributed by atoms with Gasteiger partial charge in [-0.05, 0) is 23.8 Å². The smallest absolute Gasteiger partial charge is 0.253 e. The number of nitrogens with one attached hydrogen (secondary N) is 1. The molecule has 2 aromatic carbocycles. The molecule has 2 rings (SSSR count). The molecule has 0 saturated carbocycles. The number of hydrogen-bond donors (Lipinski definition) is 1. The molecule has 0 aliphatic carbocycles. The Labute approximate surface area is 116 Å². The van der Waals surface area contributed by atoms with Crippen LogP contribution in [0.3, 0.4) is 0 Å². The van der Waals surface area contributed by atoms with Crippen LogP contribution in [0.25, 0.3) is 0 Å². The molecule has 0 atom stereocenters. The van der Waals surface area contributed by atoms with Crippen LogP contribution in [0.15, 0.2) is 48.5 Å². The van der Waals surface area contributed by atoms with E-state index in [4.69, 9.17) is 16.9 Å². The van der Waals surface area contributed by atoms with Crippen molar-refractivity contribution in [2.24, 2.45) is 0 Å². The number of carbonyl (C=O) groups is 1. The Hall–Kier alpha value is -2.31. The molecule has 0 bridgehead atoms. The van der Waals surface area contributed by atoms with E-state index in [1.54, 1.807) is 12.1 Å². The fraction of sp³-hybridized carbons (Fsp3) is 0.0667. The topological polar surface area (TPSA) is 52.9 Å². The Balaban J connectivity index is 2.10. The molecule has 19 heavy (non-hydrogen) atoms. The summed E-state index contributed by atoms with van der Waals surface area (Å²) >= 11 is 5.96. The SMILES string of the molecule is N#Cc1ccc(Cl)c(C(=O)NCc2ccccc2)c1. The van der Waals surface area contributed by atoms with Crippen molar-refractivity contribution in [2.45, 2.75) is 6.54 Å². The van der Waals surface area contributed by atoms with Gasteiger partial charge in [0.25, 0.3) is 5.91 Å². The predicted molar refractivity (Wildman–Crippen MR) is 73.8 cm³/mol. The molecule has 3 nitrogen and oxygen atoms in total. The van der Waals surface area contributed by atoms with Crippen LogP contribution in [0.4, 0.5) is 0 Å². The number of halogens is 1. The molecule has 0 heterocycles. The molecule has 94 valence electrons. The predicted octanol–water partition coefficient (Wildman–Crippen LogP) is 3.14. The molecule has 0 aliphatic rings. The van der Waals surface area contributed by atoms with E-state index in [1.165, 1.54) is 6.07 Å². The van der Waals surface area contributed by atoms with Crippen LogP contribution in [0.5, 0.6) is 0 Å². The van der Waals surface area contributed by atoms with Gasteiger partial charge in [-0.2, -0.15) is 5.26 Å².